The number of amides is 1. The molecule has 26 heavy (non-hydrogen) atoms. The molecule has 4 bridgehead atoms. The average molecular weight is 357 g/mol. The first-order valence-electron chi connectivity index (χ1n) is 10.7. The first-order valence-corrected chi connectivity index (χ1v) is 10.7. The lowest BCUT2D eigenvalue weighted by Gasteiger charge is -2.60. The molecule has 0 radical (unpaired) electrons. The van der Waals surface area contributed by atoms with Gasteiger partial charge >= 0.3 is 0 Å². The first kappa shape index (κ1) is 16.8. The van der Waals surface area contributed by atoms with Gasteiger partial charge in [-0.15, -0.1) is 0 Å². The third kappa shape index (κ3) is 2.54. The van der Waals surface area contributed by atoms with Crippen molar-refractivity contribution in [2.75, 3.05) is 6.54 Å². The molecule has 4 aliphatic carbocycles. The van der Waals surface area contributed by atoms with Gasteiger partial charge in [0.1, 0.15) is 0 Å². The maximum atomic E-state index is 13.4. The van der Waals surface area contributed by atoms with Crippen molar-refractivity contribution in [3.8, 4) is 0 Å². The Balaban J connectivity index is 1.42. The lowest BCUT2D eigenvalue weighted by Crippen LogP contribution is -2.62. The number of aliphatic hydroxyl groups is 1. The highest BCUT2D eigenvalue weighted by Crippen LogP contribution is 2.57. The molecule has 0 spiro atoms. The van der Waals surface area contributed by atoms with Crippen LogP contribution in [0, 0.1) is 17.8 Å². The predicted molar refractivity (Wildman–Crippen MR) is 98.8 cm³/mol. The molecule has 5 nitrogen and oxygen atoms in total. The largest absolute Gasteiger partial charge is 0.390 e. The molecule has 6 rings (SSSR count). The van der Waals surface area contributed by atoms with Crippen LogP contribution in [0.25, 0.3) is 0 Å². The fourth-order valence-electron chi connectivity index (χ4n) is 6.77. The molecule has 5 aliphatic rings. The molecular formula is C21H31N3O2. The number of aromatic nitrogens is 2. The molecule has 1 amide bonds. The lowest BCUT2D eigenvalue weighted by molar-refractivity contribution is -0.154. The fourth-order valence-corrected chi connectivity index (χ4v) is 6.77. The van der Waals surface area contributed by atoms with Crippen LogP contribution in [0.15, 0.2) is 6.20 Å². The minimum absolute atomic E-state index is 0.199. The van der Waals surface area contributed by atoms with Crippen LogP contribution in [-0.2, 0) is 13.0 Å². The van der Waals surface area contributed by atoms with Crippen LogP contribution in [-0.4, -0.2) is 43.9 Å². The minimum Gasteiger partial charge on any atom is -0.390 e. The Kier molecular flexibility index (Phi) is 3.93. The van der Waals surface area contributed by atoms with E-state index in [9.17, 15) is 9.90 Å². The molecule has 1 aromatic rings. The second kappa shape index (κ2) is 6.08. The molecule has 2 heterocycles. The average Bonchev–Trinajstić information content (AvgIpc) is 2.91. The van der Waals surface area contributed by atoms with E-state index in [0.717, 1.165) is 69.3 Å². The van der Waals surface area contributed by atoms with E-state index in [-0.39, 0.29) is 5.91 Å². The molecule has 142 valence electrons. The number of hydrogen-bond acceptors (Lipinski definition) is 3. The third-order valence-corrected chi connectivity index (χ3v) is 7.53. The second-order valence-corrected chi connectivity index (χ2v) is 9.37. The molecule has 4 saturated carbocycles. The summed E-state index contributed by atoms with van der Waals surface area (Å²) in [6.07, 6.45) is 11.3. The highest BCUT2D eigenvalue weighted by Gasteiger charge is 2.56. The number of rotatable bonds is 4. The zero-order chi connectivity index (χ0) is 17.9. The van der Waals surface area contributed by atoms with Crippen molar-refractivity contribution < 1.29 is 9.90 Å². The van der Waals surface area contributed by atoms with Gasteiger partial charge < -0.3 is 10.0 Å². The van der Waals surface area contributed by atoms with Crippen LogP contribution in [0.3, 0.4) is 0 Å². The number of fused-ring (bicyclic) bond motifs is 1. The summed E-state index contributed by atoms with van der Waals surface area (Å²) in [5.74, 6) is 1.87. The summed E-state index contributed by atoms with van der Waals surface area (Å²) in [5, 5.41) is 15.4. The van der Waals surface area contributed by atoms with Gasteiger partial charge in [0.2, 0.25) is 0 Å². The highest BCUT2D eigenvalue weighted by molar-refractivity contribution is 5.95. The Morgan fingerprint density at radius 2 is 2.04 bits per heavy atom. The second-order valence-electron chi connectivity index (χ2n) is 9.37. The van der Waals surface area contributed by atoms with E-state index >= 15 is 0 Å². The molecule has 2 unspecified atom stereocenters. The summed E-state index contributed by atoms with van der Waals surface area (Å²) in [5.41, 5.74) is 1.55. The monoisotopic (exact) mass is 357 g/mol. The maximum Gasteiger partial charge on any atom is 0.257 e. The van der Waals surface area contributed by atoms with Crippen LogP contribution in [0.1, 0.15) is 74.3 Å². The van der Waals surface area contributed by atoms with E-state index in [1.165, 1.54) is 12.8 Å². The number of carbonyl (C=O) groups is 1. The van der Waals surface area contributed by atoms with Crippen LogP contribution in [0.5, 0.6) is 0 Å². The van der Waals surface area contributed by atoms with Crippen molar-refractivity contribution in [3.05, 3.63) is 17.5 Å². The first-order chi connectivity index (χ1) is 12.6. The van der Waals surface area contributed by atoms with Crippen molar-refractivity contribution >= 4 is 5.91 Å². The van der Waals surface area contributed by atoms with E-state index in [2.05, 4.69) is 21.6 Å². The number of unbranched alkanes of at least 4 members (excludes halogenated alkanes) is 1. The van der Waals surface area contributed by atoms with Crippen molar-refractivity contribution in [2.45, 2.75) is 82.9 Å². The minimum atomic E-state index is -0.432. The zero-order valence-corrected chi connectivity index (χ0v) is 15.9. The van der Waals surface area contributed by atoms with Gasteiger partial charge in [-0.1, -0.05) is 13.3 Å². The van der Waals surface area contributed by atoms with Crippen LogP contribution in [0.2, 0.25) is 0 Å². The van der Waals surface area contributed by atoms with E-state index in [1.807, 2.05) is 6.20 Å². The highest BCUT2D eigenvalue weighted by atomic mass is 16.3. The molecule has 1 N–H and O–H groups in total. The molecule has 2 atom stereocenters. The number of nitrogens with zero attached hydrogens (tertiary/aromatic N) is 3. The molecule has 1 aromatic heterocycles. The SMILES string of the molecule is CCCCn1ncc2c1CCCN(C1C3CC4CC1CC(O)(C4)C3)C2=O. The summed E-state index contributed by atoms with van der Waals surface area (Å²) in [6.45, 7) is 3.97. The van der Waals surface area contributed by atoms with Gasteiger partial charge in [-0.3, -0.25) is 9.48 Å². The number of aryl methyl sites for hydroxylation is 1. The molecule has 0 aromatic carbocycles. The van der Waals surface area contributed by atoms with E-state index < -0.39 is 5.60 Å². The summed E-state index contributed by atoms with van der Waals surface area (Å²) in [4.78, 5) is 15.6. The van der Waals surface area contributed by atoms with Gasteiger partial charge in [-0.05, 0) is 69.1 Å². The topological polar surface area (TPSA) is 58.4 Å². The lowest BCUT2D eigenvalue weighted by atomic mass is 9.52. The number of carbonyl (C=O) groups excluding carboxylic acids is 1. The number of hydrogen-bond donors (Lipinski definition) is 1. The van der Waals surface area contributed by atoms with Crippen LogP contribution in [0.4, 0.5) is 0 Å². The molecular weight excluding hydrogens is 326 g/mol. The van der Waals surface area contributed by atoms with Crippen LogP contribution >= 0.6 is 0 Å². The predicted octanol–water partition coefficient (Wildman–Crippen LogP) is 3.01. The fraction of sp³-hybridized carbons (Fsp3) is 0.810. The Morgan fingerprint density at radius 3 is 2.73 bits per heavy atom. The third-order valence-electron chi connectivity index (χ3n) is 7.53. The smallest absolute Gasteiger partial charge is 0.257 e. The van der Waals surface area contributed by atoms with Gasteiger partial charge in [0, 0.05) is 19.1 Å². The van der Waals surface area contributed by atoms with E-state index in [4.69, 9.17) is 0 Å². The molecule has 1 aliphatic heterocycles. The van der Waals surface area contributed by atoms with Gasteiger partial charge in [0.25, 0.3) is 5.91 Å². The summed E-state index contributed by atoms with van der Waals surface area (Å²) < 4.78 is 2.07. The summed E-state index contributed by atoms with van der Waals surface area (Å²) in [6, 6.07) is 0.337. The van der Waals surface area contributed by atoms with Crippen molar-refractivity contribution in [3.63, 3.8) is 0 Å². The van der Waals surface area contributed by atoms with E-state index in [0.29, 0.717) is 23.8 Å². The van der Waals surface area contributed by atoms with Crippen molar-refractivity contribution in [1.29, 1.82) is 0 Å². The molecule has 5 heteroatoms. The Hall–Kier alpha value is -1.36. The molecule has 4 fully saturated rings. The van der Waals surface area contributed by atoms with Gasteiger partial charge in [0.05, 0.1) is 23.1 Å². The van der Waals surface area contributed by atoms with Crippen molar-refractivity contribution in [2.24, 2.45) is 17.8 Å². The quantitative estimate of drug-likeness (QED) is 0.901. The normalized spacial score (nSPS) is 38.5. The van der Waals surface area contributed by atoms with Gasteiger partial charge in [-0.25, -0.2) is 0 Å². The maximum absolute atomic E-state index is 13.4. The summed E-state index contributed by atoms with van der Waals surface area (Å²) >= 11 is 0. The standard InChI is InChI=1S/C21H31N3O2/c1-2-3-7-24-18-5-4-6-23(20(25)17(18)13-22-24)19-15-8-14-9-16(19)12-21(26,10-14)11-15/h13-16,19,26H,2-12H2,1H3. The van der Waals surface area contributed by atoms with Crippen molar-refractivity contribution in [1.82, 2.24) is 14.7 Å². The van der Waals surface area contributed by atoms with Gasteiger partial charge in [-0.2, -0.15) is 5.10 Å². The Labute approximate surface area is 155 Å². The zero-order valence-electron chi connectivity index (χ0n) is 15.9. The van der Waals surface area contributed by atoms with Gasteiger partial charge in [0.15, 0.2) is 0 Å². The van der Waals surface area contributed by atoms with E-state index in [1.54, 1.807) is 0 Å². The Morgan fingerprint density at radius 1 is 1.27 bits per heavy atom. The molecule has 0 saturated heterocycles. The van der Waals surface area contributed by atoms with Crippen LogP contribution < -0.4 is 0 Å². The summed E-state index contributed by atoms with van der Waals surface area (Å²) in [7, 11) is 0. The Bertz CT molecular complexity index is 696.